The number of aromatic hydroxyl groups is 1. The van der Waals surface area contributed by atoms with E-state index in [9.17, 15) is 23.9 Å². The molecule has 0 spiro atoms. The molecule has 0 fully saturated rings. The summed E-state index contributed by atoms with van der Waals surface area (Å²) in [5.74, 6) is -2.65. The van der Waals surface area contributed by atoms with Crippen molar-refractivity contribution in [3.05, 3.63) is 69.4 Å². The van der Waals surface area contributed by atoms with Crippen molar-refractivity contribution in [2.45, 2.75) is 59.3 Å². The molecule has 0 bridgehead atoms. The van der Waals surface area contributed by atoms with Crippen LogP contribution in [0.15, 0.2) is 41.3 Å². The largest absolute Gasteiger partial charge is 0.507 e. The van der Waals surface area contributed by atoms with Crippen molar-refractivity contribution in [1.82, 2.24) is 20.2 Å². The molecule has 0 aliphatic carbocycles. The van der Waals surface area contributed by atoms with Gasteiger partial charge >= 0.3 is 0 Å². The molecular weight excluding hydrogens is 531 g/mol. The number of amides is 2. The van der Waals surface area contributed by atoms with Gasteiger partial charge in [0.2, 0.25) is 5.91 Å². The Bertz CT molecular complexity index is 1540. The van der Waals surface area contributed by atoms with Gasteiger partial charge in [0.1, 0.15) is 23.9 Å². The maximum Gasteiger partial charge on any atom is 0.294 e. The Hall–Kier alpha value is -4.94. The van der Waals surface area contributed by atoms with Gasteiger partial charge in [0.05, 0.1) is 17.5 Å². The lowest BCUT2D eigenvalue weighted by Crippen LogP contribution is -2.35. The number of carbonyl (C=O) groups excluding carboxylic acids is 2. The third kappa shape index (κ3) is 7.59. The summed E-state index contributed by atoms with van der Waals surface area (Å²) >= 11 is 0. The third-order valence-electron chi connectivity index (χ3n) is 6.22. The zero-order valence-electron chi connectivity index (χ0n) is 23.3. The van der Waals surface area contributed by atoms with Gasteiger partial charge in [-0.1, -0.05) is 6.92 Å². The van der Waals surface area contributed by atoms with Gasteiger partial charge in [-0.3, -0.25) is 24.4 Å². The van der Waals surface area contributed by atoms with Crippen LogP contribution in [-0.4, -0.2) is 44.4 Å². The molecule has 13 heteroatoms. The number of phenolic OH excluding ortho intramolecular Hbond substituents is 1. The summed E-state index contributed by atoms with van der Waals surface area (Å²) in [7, 11) is 0. The molecule has 0 saturated carbocycles. The Kier molecular flexibility index (Phi) is 9.66. The molecule has 9 N–H and O–H groups in total. The maximum absolute atomic E-state index is 14.5. The van der Waals surface area contributed by atoms with Gasteiger partial charge in [-0.2, -0.15) is 0 Å². The van der Waals surface area contributed by atoms with Crippen molar-refractivity contribution in [1.29, 1.82) is 5.41 Å². The van der Waals surface area contributed by atoms with Gasteiger partial charge in [-0.25, -0.2) is 9.37 Å². The molecule has 0 radical (unpaired) electrons. The van der Waals surface area contributed by atoms with Gasteiger partial charge in [0.15, 0.2) is 5.82 Å². The summed E-state index contributed by atoms with van der Waals surface area (Å²) < 4.78 is 15.7. The van der Waals surface area contributed by atoms with Crippen LogP contribution in [0.2, 0.25) is 0 Å². The number of hydrogen-bond acceptors (Lipinski definition) is 8. The number of benzene rings is 2. The third-order valence-corrected chi connectivity index (χ3v) is 6.22. The number of carbonyl (C=O) groups is 2. The number of amidine groups is 1. The molecule has 3 aromatic rings. The predicted octanol–water partition coefficient (Wildman–Crippen LogP) is 2.29. The number of nitrogens with two attached hydrogens (primary N) is 2. The molecule has 0 saturated heterocycles. The summed E-state index contributed by atoms with van der Waals surface area (Å²) in [4.78, 5) is 43.4. The SMILES string of the molecule is CC[C@H](C)NC(=O)c1cc(N)cc(-c2cnc(NC(C)C)c(=O)n2CC(=O)NCc2cc(O)c(C(=N)N)cc2F)c1. The average Bonchev–Trinajstić information content (AvgIpc) is 2.90. The van der Waals surface area contributed by atoms with Gasteiger partial charge in [0.25, 0.3) is 11.5 Å². The molecule has 1 atom stereocenters. The number of phenols is 1. The Morgan fingerprint density at radius 1 is 1.17 bits per heavy atom. The van der Waals surface area contributed by atoms with Crippen molar-refractivity contribution in [3.63, 3.8) is 0 Å². The number of halogens is 1. The van der Waals surface area contributed by atoms with Gasteiger partial charge in [-0.15, -0.1) is 0 Å². The molecular formula is C28H35FN8O4. The molecule has 1 heterocycles. The summed E-state index contributed by atoms with van der Waals surface area (Å²) in [5.41, 5.74) is 11.8. The zero-order valence-corrected chi connectivity index (χ0v) is 23.3. The standard InChI is InChI=1S/C28H35FN8O4/c1-5-15(4)36-27(40)17-6-16(7-19(30)8-17)22-12-34-26(35-14(2)3)28(41)37(22)13-24(39)33-11-18-9-23(38)20(25(31)32)10-21(18)29/h6-10,12,14-15,38H,5,11,13,30H2,1-4H3,(H3,31,32)(H,33,39)(H,34,35)(H,36,40)/t15-/m0/s1. The van der Waals surface area contributed by atoms with Crippen LogP contribution in [0.25, 0.3) is 11.3 Å². The van der Waals surface area contributed by atoms with E-state index in [1.165, 1.54) is 16.8 Å². The highest BCUT2D eigenvalue weighted by molar-refractivity contribution is 5.98. The molecule has 3 rings (SSSR count). The summed E-state index contributed by atoms with van der Waals surface area (Å²) in [5, 5.41) is 25.8. The minimum absolute atomic E-state index is 0.0194. The van der Waals surface area contributed by atoms with E-state index in [0.29, 0.717) is 5.56 Å². The van der Waals surface area contributed by atoms with Gasteiger partial charge in [0, 0.05) is 41.0 Å². The lowest BCUT2D eigenvalue weighted by atomic mass is 10.1. The highest BCUT2D eigenvalue weighted by atomic mass is 19.1. The molecule has 2 amide bonds. The van der Waals surface area contributed by atoms with Crippen molar-refractivity contribution in [3.8, 4) is 17.0 Å². The van der Waals surface area contributed by atoms with Crippen LogP contribution in [0, 0.1) is 11.2 Å². The number of aromatic nitrogens is 2. The number of anilines is 2. The van der Waals surface area contributed by atoms with Gasteiger partial charge < -0.3 is 32.5 Å². The van der Waals surface area contributed by atoms with E-state index in [0.717, 1.165) is 18.6 Å². The Morgan fingerprint density at radius 3 is 2.51 bits per heavy atom. The highest BCUT2D eigenvalue weighted by Crippen LogP contribution is 2.24. The Labute approximate surface area is 236 Å². The second-order valence-corrected chi connectivity index (χ2v) is 9.96. The average molecular weight is 567 g/mol. The fraction of sp³-hybridized carbons (Fsp3) is 0.321. The first-order chi connectivity index (χ1) is 19.3. The normalized spacial score (nSPS) is 11.7. The molecule has 2 aromatic carbocycles. The molecule has 41 heavy (non-hydrogen) atoms. The van der Waals surface area contributed by atoms with Crippen LogP contribution in [0.3, 0.4) is 0 Å². The minimum atomic E-state index is -0.776. The van der Waals surface area contributed by atoms with Crippen LogP contribution in [0.4, 0.5) is 15.9 Å². The molecule has 0 aliphatic heterocycles. The van der Waals surface area contributed by atoms with E-state index >= 15 is 0 Å². The van der Waals surface area contributed by atoms with E-state index in [2.05, 4.69) is 20.9 Å². The van der Waals surface area contributed by atoms with Crippen LogP contribution >= 0.6 is 0 Å². The highest BCUT2D eigenvalue weighted by Gasteiger charge is 2.19. The number of nitrogens with one attached hydrogen (secondary N) is 4. The second-order valence-electron chi connectivity index (χ2n) is 9.96. The maximum atomic E-state index is 14.5. The monoisotopic (exact) mass is 566 g/mol. The number of nitrogens with zero attached hydrogens (tertiary/aromatic N) is 2. The minimum Gasteiger partial charge on any atom is -0.507 e. The first kappa shape index (κ1) is 30.6. The summed E-state index contributed by atoms with van der Waals surface area (Å²) in [6.45, 7) is 6.69. The van der Waals surface area contributed by atoms with Crippen LogP contribution < -0.4 is 33.0 Å². The quantitative estimate of drug-likeness (QED) is 0.104. The Morgan fingerprint density at radius 2 is 1.88 bits per heavy atom. The van der Waals surface area contributed by atoms with E-state index in [-0.39, 0.29) is 58.4 Å². The molecule has 218 valence electrons. The van der Waals surface area contributed by atoms with E-state index < -0.39 is 35.4 Å². The van der Waals surface area contributed by atoms with E-state index in [1.54, 1.807) is 12.1 Å². The molecule has 1 aromatic heterocycles. The van der Waals surface area contributed by atoms with Crippen LogP contribution in [-0.2, 0) is 17.9 Å². The topological polar surface area (TPSA) is 201 Å². The van der Waals surface area contributed by atoms with Gasteiger partial charge in [-0.05, 0) is 57.5 Å². The summed E-state index contributed by atoms with van der Waals surface area (Å²) in [6, 6.07) is 6.42. The van der Waals surface area contributed by atoms with Crippen molar-refractivity contribution < 1.29 is 19.1 Å². The number of hydrogen-bond donors (Lipinski definition) is 7. The fourth-order valence-electron chi connectivity index (χ4n) is 3.94. The Balaban J connectivity index is 1.97. The van der Waals surface area contributed by atoms with Crippen molar-refractivity contribution >= 4 is 29.2 Å². The van der Waals surface area contributed by atoms with Crippen molar-refractivity contribution in [2.24, 2.45) is 5.73 Å². The number of nitrogen functional groups attached to an aromatic ring is 2. The van der Waals surface area contributed by atoms with Crippen LogP contribution in [0.1, 0.15) is 55.6 Å². The smallest absolute Gasteiger partial charge is 0.294 e. The fourth-order valence-corrected chi connectivity index (χ4v) is 3.94. The summed E-state index contributed by atoms with van der Waals surface area (Å²) in [6.07, 6.45) is 2.14. The zero-order chi connectivity index (χ0) is 30.4. The lowest BCUT2D eigenvalue weighted by molar-refractivity contribution is -0.121. The van der Waals surface area contributed by atoms with Crippen molar-refractivity contribution in [2.75, 3.05) is 11.1 Å². The molecule has 12 nitrogen and oxygen atoms in total. The van der Waals surface area contributed by atoms with E-state index in [4.69, 9.17) is 16.9 Å². The lowest BCUT2D eigenvalue weighted by Gasteiger charge is -2.17. The van der Waals surface area contributed by atoms with Crippen LogP contribution in [0.5, 0.6) is 5.75 Å². The first-order valence-corrected chi connectivity index (χ1v) is 13.0. The molecule has 0 unspecified atom stereocenters. The number of rotatable bonds is 11. The molecule has 0 aliphatic rings. The first-order valence-electron chi connectivity index (χ1n) is 13.0. The predicted molar refractivity (Wildman–Crippen MR) is 155 cm³/mol. The van der Waals surface area contributed by atoms with E-state index in [1.807, 2.05) is 27.7 Å². The second kappa shape index (κ2) is 12.9.